The third-order valence-electron chi connectivity index (χ3n) is 2.21. The lowest BCUT2D eigenvalue weighted by atomic mass is 10.2. The fourth-order valence-electron chi connectivity index (χ4n) is 1.27. The molecule has 1 aromatic carbocycles. The molecule has 1 aromatic rings. The Labute approximate surface area is 110 Å². The standard InChI is InChI=1S/C10H13ClN2O4S/c1-18(16,17)5-4-12-7-8-2-3-9(13(14)15)6-10(8)11/h2-3,6,12H,4-5,7H2,1H3. The van der Waals surface area contributed by atoms with E-state index in [4.69, 9.17) is 11.6 Å². The number of nitrogens with zero attached hydrogens (tertiary/aromatic N) is 1. The van der Waals surface area contributed by atoms with Crippen molar-refractivity contribution >= 4 is 27.1 Å². The van der Waals surface area contributed by atoms with Crippen LogP contribution in [0.5, 0.6) is 0 Å². The third kappa shape index (κ3) is 4.99. The first-order valence-electron chi connectivity index (χ1n) is 5.11. The number of halogens is 1. The van der Waals surface area contributed by atoms with Gasteiger partial charge in [-0.25, -0.2) is 8.42 Å². The van der Waals surface area contributed by atoms with Crippen LogP contribution in [0.2, 0.25) is 5.02 Å². The number of nitrogens with one attached hydrogen (secondary N) is 1. The lowest BCUT2D eigenvalue weighted by molar-refractivity contribution is -0.384. The Balaban J connectivity index is 2.56. The van der Waals surface area contributed by atoms with Gasteiger partial charge in [0.05, 0.1) is 15.7 Å². The highest BCUT2D eigenvalue weighted by molar-refractivity contribution is 7.90. The van der Waals surface area contributed by atoms with E-state index in [0.29, 0.717) is 18.7 Å². The molecular formula is C10H13ClN2O4S. The number of sulfone groups is 1. The van der Waals surface area contributed by atoms with Crippen LogP contribution in [0, 0.1) is 10.1 Å². The van der Waals surface area contributed by atoms with Gasteiger partial charge in [0.25, 0.3) is 5.69 Å². The van der Waals surface area contributed by atoms with Crippen molar-refractivity contribution in [3.8, 4) is 0 Å². The highest BCUT2D eigenvalue weighted by Gasteiger charge is 2.09. The second-order valence-corrected chi connectivity index (χ2v) is 6.51. The summed E-state index contributed by atoms with van der Waals surface area (Å²) in [6.45, 7) is 0.679. The number of hydrogen-bond acceptors (Lipinski definition) is 5. The molecule has 0 atom stereocenters. The number of benzene rings is 1. The Morgan fingerprint density at radius 2 is 2.11 bits per heavy atom. The first-order valence-corrected chi connectivity index (χ1v) is 7.55. The monoisotopic (exact) mass is 292 g/mol. The fourth-order valence-corrected chi connectivity index (χ4v) is 2.03. The zero-order valence-electron chi connectivity index (χ0n) is 9.72. The molecule has 0 bridgehead atoms. The van der Waals surface area contributed by atoms with Gasteiger partial charge in [-0.2, -0.15) is 0 Å². The van der Waals surface area contributed by atoms with Crippen LogP contribution in [0.3, 0.4) is 0 Å². The molecule has 0 heterocycles. The first-order chi connectivity index (χ1) is 8.29. The van der Waals surface area contributed by atoms with Crippen LogP contribution in [0.1, 0.15) is 5.56 Å². The van der Waals surface area contributed by atoms with Crippen LogP contribution < -0.4 is 5.32 Å². The Bertz CT molecular complexity index is 545. The Morgan fingerprint density at radius 1 is 1.44 bits per heavy atom. The van der Waals surface area contributed by atoms with E-state index >= 15 is 0 Å². The zero-order valence-corrected chi connectivity index (χ0v) is 11.3. The predicted molar refractivity (Wildman–Crippen MR) is 69.5 cm³/mol. The molecule has 0 unspecified atom stereocenters. The van der Waals surface area contributed by atoms with Crippen molar-refractivity contribution in [3.05, 3.63) is 38.9 Å². The smallest absolute Gasteiger partial charge is 0.270 e. The summed E-state index contributed by atoms with van der Waals surface area (Å²) in [4.78, 5) is 9.98. The predicted octanol–water partition coefficient (Wildman–Crippen LogP) is 1.38. The van der Waals surface area contributed by atoms with E-state index in [-0.39, 0.29) is 16.5 Å². The summed E-state index contributed by atoms with van der Waals surface area (Å²) in [5.41, 5.74) is 0.621. The van der Waals surface area contributed by atoms with Crippen LogP contribution in [0.25, 0.3) is 0 Å². The molecule has 0 aromatic heterocycles. The number of rotatable bonds is 6. The molecule has 0 radical (unpaired) electrons. The molecular weight excluding hydrogens is 280 g/mol. The van der Waals surface area contributed by atoms with Gasteiger partial charge in [0.15, 0.2) is 0 Å². The van der Waals surface area contributed by atoms with E-state index in [1.165, 1.54) is 12.1 Å². The van der Waals surface area contributed by atoms with Crippen molar-refractivity contribution in [2.45, 2.75) is 6.54 Å². The van der Waals surface area contributed by atoms with E-state index < -0.39 is 14.8 Å². The van der Waals surface area contributed by atoms with Crippen molar-refractivity contribution in [1.82, 2.24) is 5.32 Å². The minimum Gasteiger partial charge on any atom is -0.312 e. The zero-order chi connectivity index (χ0) is 13.8. The molecule has 0 saturated heterocycles. The molecule has 18 heavy (non-hydrogen) atoms. The molecule has 1 rings (SSSR count). The number of nitro benzene ring substituents is 1. The third-order valence-corrected chi connectivity index (χ3v) is 3.51. The van der Waals surface area contributed by atoms with Crippen LogP contribution in [0.4, 0.5) is 5.69 Å². The molecule has 100 valence electrons. The molecule has 0 amide bonds. The number of hydrogen-bond donors (Lipinski definition) is 1. The molecule has 1 N–H and O–H groups in total. The van der Waals surface area contributed by atoms with Gasteiger partial charge < -0.3 is 5.32 Å². The maximum atomic E-state index is 10.9. The van der Waals surface area contributed by atoms with E-state index in [0.717, 1.165) is 6.26 Å². The largest absolute Gasteiger partial charge is 0.312 e. The minimum absolute atomic E-state index is 0.0393. The van der Waals surface area contributed by atoms with Crippen molar-refractivity contribution in [3.63, 3.8) is 0 Å². The van der Waals surface area contributed by atoms with Gasteiger partial charge in [-0.3, -0.25) is 10.1 Å². The second-order valence-electron chi connectivity index (χ2n) is 3.84. The molecule has 6 nitrogen and oxygen atoms in total. The minimum atomic E-state index is -2.99. The molecule has 0 saturated carbocycles. The quantitative estimate of drug-likeness (QED) is 0.486. The molecule has 0 aliphatic rings. The molecule has 0 fully saturated rings. The van der Waals surface area contributed by atoms with Gasteiger partial charge in [-0.05, 0) is 11.6 Å². The Morgan fingerprint density at radius 3 is 2.61 bits per heavy atom. The maximum Gasteiger partial charge on any atom is 0.270 e. The highest BCUT2D eigenvalue weighted by Crippen LogP contribution is 2.22. The topological polar surface area (TPSA) is 89.3 Å². The van der Waals surface area contributed by atoms with Gasteiger partial charge in [-0.1, -0.05) is 11.6 Å². The van der Waals surface area contributed by atoms with Gasteiger partial charge in [-0.15, -0.1) is 0 Å². The summed E-state index contributed by atoms with van der Waals surface area (Å²) in [6.07, 6.45) is 1.16. The van der Waals surface area contributed by atoms with E-state index in [9.17, 15) is 18.5 Å². The molecule has 0 spiro atoms. The maximum absolute atomic E-state index is 10.9. The fraction of sp³-hybridized carbons (Fsp3) is 0.400. The SMILES string of the molecule is CS(=O)(=O)CCNCc1ccc([N+](=O)[O-])cc1Cl. The van der Waals surface area contributed by atoms with Crippen LogP contribution in [-0.2, 0) is 16.4 Å². The first kappa shape index (κ1) is 14.9. The summed E-state index contributed by atoms with van der Waals surface area (Å²) >= 11 is 5.88. The van der Waals surface area contributed by atoms with Gasteiger partial charge in [0.2, 0.25) is 0 Å². The summed E-state index contributed by atoms with van der Waals surface area (Å²) in [5, 5.41) is 13.7. The lowest BCUT2D eigenvalue weighted by Gasteiger charge is -2.06. The van der Waals surface area contributed by atoms with Crippen molar-refractivity contribution < 1.29 is 13.3 Å². The summed E-state index contributed by atoms with van der Waals surface area (Å²) in [6, 6.07) is 4.18. The Hall–Kier alpha value is -1.18. The van der Waals surface area contributed by atoms with Crippen molar-refractivity contribution in [2.75, 3.05) is 18.6 Å². The van der Waals surface area contributed by atoms with Gasteiger partial charge >= 0.3 is 0 Å². The van der Waals surface area contributed by atoms with E-state index in [1.54, 1.807) is 6.07 Å². The van der Waals surface area contributed by atoms with Gasteiger partial charge in [0, 0.05) is 31.5 Å². The van der Waals surface area contributed by atoms with Crippen LogP contribution in [-0.4, -0.2) is 31.9 Å². The average Bonchev–Trinajstić information content (AvgIpc) is 2.24. The number of non-ortho nitro benzene ring substituents is 1. The molecule has 0 aliphatic carbocycles. The van der Waals surface area contributed by atoms with Crippen molar-refractivity contribution in [2.24, 2.45) is 0 Å². The Kier molecular flexibility index (Phi) is 5.06. The van der Waals surface area contributed by atoms with Crippen LogP contribution >= 0.6 is 11.6 Å². The van der Waals surface area contributed by atoms with E-state index in [2.05, 4.69) is 5.32 Å². The summed E-state index contributed by atoms with van der Waals surface area (Å²) in [5.74, 6) is 0.0393. The summed E-state index contributed by atoms with van der Waals surface area (Å²) < 4.78 is 21.8. The second kappa shape index (κ2) is 6.12. The van der Waals surface area contributed by atoms with E-state index in [1.807, 2.05) is 0 Å². The number of nitro groups is 1. The van der Waals surface area contributed by atoms with Crippen molar-refractivity contribution in [1.29, 1.82) is 0 Å². The normalized spacial score (nSPS) is 11.4. The highest BCUT2D eigenvalue weighted by atomic mass is 35.5. The summed E-state index contributed by atoms with van der Waals surface area (Å²) in [7, 11) is -2.99. The average molecular weight is 293 g/mol. The molecule has 8 heteroatoms. The lowest BCUT2D eigenvalue weighted by Crippen LogP contribution is -2.22. The van der Waals surface area contributed by atoms with Crippen LogP contribution in [0.15, 0.2) is 18.2 Å². The molecule has 0 aliphatic heterocycles. The van der Waals surface area contributed by atoms with Gasteiger partial charge in [0.1, 0.15) is 9.84 Å².